The van der Waals surface area contributed by atoms with Gasteiger partial charge in [0.05, 0.1) is 12.2 Å². The van der Waals surface area contributed by atoms with Crippen LogP contribution < -0.4 is 0 Å². The summed E-state index contributed by atoms with van der Waals surface area (Å²) in [5.41, 5.74) is 3.62. The lowest BCUT2D eigenvalue weighted by Crippen LogP contribution is -2.33. The Kier molecular flexibility index (Phi) is 14.5. The number of aliphatic hydroxyl groups excluding tert-OH is 2. The molecule has 6 nitrogen and oxygen atoms in total. The molecule has 0 aliphatic rings. The zero-order valence-electron chi connectivity index (χ0n) is 23.6. The van der Waals surface area contributed by atoms with Gasteiger partial charge in [0.15, 0.2) is 0 Å². The van der Waals surface area contributed by atoms with Gasteiger partial charge in [0.2, 0.25) is 0 Å². The molecule has 0 amide bonds. The van der Waals surface area contributed by atoms with Crippen molar-refractivity contribution in [2.45, 2.75) is 112 Å². The molecule has 0 saturated heterocycles. The number of allylic oxidation sites excluding steroid dienone is 4. The fourth-order valence-electron chi connectivity index (χ4n) is 4.70. The van der Waals surface area contributed by atoms with Gasteiger partial charge in [0.1, 0.15) is 17.1 Å². The fraction of sp³-hybridized carbons (Fsp3) is 0.613. The maximum absolute atomic E-state index is 12.8. The molecule has 0 radical (unpaired) electrons. The van der Waals surface area contributed by atoms with E-state index in [1.165, 1.54) is 11.1 Å². The van der Waals surface area contributed by atoms with E-state index in [-0.39, 0.29) is 29.4 Å². The van der Waals surface area contributed by atoms with Crippen LogP contribution in [0.3, 0.4) is 0 Å². The van der Waals surface area contributed by atoms with Gasteiger partial charge in [-0.3, -0.25) is 4.79 Å². The summed E-state index contributed by atoms with van der Waals surface area (Å²) < 4.78 is 0. The molecule has 0 spiro atoms. The fourth-order valence-corrected chi connectivity index (χ4v) is 4.70. The molecule has 0 saturated carbocycles. The number of aliphatic hydroxyl groups is 2. The minimum atomic E-state index is -1.19. The molecule has 1 aromatic carbocycles. The van der Waals surface area contributed by atoms with E-state index in [0.717, 1.165) is 32.1 Å². The molecule has 0 aliphatic carbocycles. The third-order valence-corrected chi connectivity index (χ3v) is 7.60. The highest BCUT2D eigenvalue weighted by atomic mass is 16.4. The molecule has 37 heavy (non-hydrogen) atoms. The normalized spacial score (nSPS) is 15.8. The number of carboxylic acid groups (broad SMARTS) is 1. The van der Waals surface area contributed by atoms with E-state index >= 15 is 0 Å². The van der Waals surface area contributed by atoms with Crippen LogP contribution in [-0.2, 0) is 11.2 Å². The zero-order chi connectivity index (χ0) is 28.1. The highest BCUT2D eigenvalue weighted by Gasteiger charge is 2.28. The molecule has 6 heteroatoms. The van der Waals surface area contributed by atoms with E-state index in [9.17, 15) is 30.0 Å². The van der Waals surface area contributed by atoms with Crippen LogP contribution in [0.1, 0.15) is 107 Å². The summed E-state index contributed by atoms with van der Waals surface area (Å²) in [4.78, 5) is 24.4. The molecule has 208 valence electrons. The molecule has 0 unspecified atom stereocenters. The van der Waals surface area contributed by atoms with Crippen LogP contribution in [0.15, 0.2) is 35.4 Å². The average Bonchev–Trinajstić information content (AvgIpc) is 2.87. The molecule has 1 rings (SSSR count). The second kappa shape index (κ2) is 16.4. The van der Waals surface area contributed by atoms with E-state index in [1.54, 1.807) is 26.0 Å². The first-order valence-corrected chi connectivity index (χ1v) is 13.7. The Morgan fingerprint density at radius 3 is 2.22 bits per heavy atom. The third kappa shape index (κ3) is 10.4. The maximum Gasteiger partial charge on any atom is 0.339 e. The zero-order valence-corrected chi connectivity index (χ0v) is 23.6. The molecular formula is C31H48O6. The van der Waals surface area contributed by atoms with Crippen LogP contribution in [-0.4, -0.2) is 44.4 Å². The first-order chi connectivity index (χ1) is 17.5. The van der Waals surface area contributed by atoms with Crippen LogP contribution in [0.4, 0.5) is 0 Å². The molecule has 0 fully saturated rings. The Morgan fingerprint density at radius 2 is 1.65 bits per heavy atom. The second-order valence-electron chi connectivity index (χ2n) is 10.3. The third-order valence-electron chi connectivity index (χ3n) is 7.60. The van der Waals surface area contributed by atoms with Crippen LogP contribution >= 0.6 is 0 Å². The lowest BCUT2D eigenvalue weighted by atomic mass is 9.84. The van der Waals surface area contributed by atoms with E-state index in [4.69, 9.17) is 0 Å². The summed E-state index contributed by atoms with van der Waals surface area (Å²) in [6, 6.07) is 3.36. The minimum absolute atomic E-state index is 0.00942. The van der Waals surface area contributed by atoms with E-state index in [2.05, 4.69) is 32.9 Å². The van der Waals surface area contributed by atoms with Crippen molar-refractivity contribution < 1.29 is 30.0 Å². The van der Waals surface area contributed by atoms with Crippen LogP contribution in [0.25, 0.3) is 0 Å². The number of benzene rings is 1. The first kappa shape index (κ1) is 32.6. The van der Waals surface area contributed by atoms with Crippen LogP contribution in [0.2, 0.25) is 0 Å². The van der Waals surface area contributed by atoms with E-state index in [1.807, 2.05) is 6.92 Å². The number of carbonyl (C=O) groups is 2. The molecule has 4 atom stereocenters. The van der Waals surface area contributed by atoms with Crippen molar-refractivity contribution in [2.24, 2.45) is 11.8 Å². The van der Waals surface area contributed by atoms with Crippen molar-refractivity contribution in [1.29, 1.82) is 0 Å². The predicted molar refractivity (Wildman–Crippen MR) is 149 cm³/mol. The Morgan fingerprint density at radius 1 is 1.00 bits per heavy atom. The molecule has 0 bridgehead atoms. The number of aryl methyl sites for hydroxylation is 2. The van der Waals surface area contributed by atoms with Crippen molar-refractivity contribution in [2.75, 3.05) is 0 Å². The number of aromatic hydroxyl groups is 1. The molecular weight excluding hydrogens is 468 g/mol. The monoisotopic (exact) mass is 516 g/mol. The summed E-state index contributed by atoms with van der Waals surface area (Å²) in [5.74, 6) is -2.49. The Balaban J connectivity index is 2.61. The van der Waals surface area contributed by atoms with Crippen molar-refractivity contribution in [3.8, 4) is 5.75 Å². The number of hydrogen-bond acceptors (Lipinski definition) is 5. The smallest absolute Gasteiger partial charge is 0.339 e. The van der Waals surface area contributed by atoms with Crippen LogP contribution in [0, 0.1) is 18.8 Å². The summed E-state index contributed by atoms with van der Waals surface area (Å²) in [6.07, 6.45) is 8.90. The molecule has 1 aromatic rings. The molecule has 0 heterocycles. The number of phenols is 1. The SMILES string of the molecule is C/C=C(/CC)CC/C=C(\CC)CC[C@@H](O)CC(=O)[C@@H](C)[C@@H](O)[C@H](C)CCc1ccc(C)c(O)c1C(=O)O. The van der Waals surface area contributed by atoms with E-state index < -0.39 is 24.1 Å². The lowest BCUT2D eigenvalue weighted by molar-refractivity contribution is -0.128. The lowest BCUT2D eigenvalue weighted by Gasteiger charge is -2.25. The highest BCUT2D eigenvalue weighted by molar-refractivity contribution is 5.93. The number of rotatable bonds is 17. The number of hydrogen-bond donors (Lipinski definition) is 4. The Hall–Kier alpha value is -2.44. The van der Waals surface area contributed by atoms with Gasteiger partial charge in [-0.05, 0) is 82.3 Å². The minimum Gasteiger partial charge on any atom is -0.507 e. The molecule has 4 N–H and O–H groups in total. The maximum atomic E-state index is 12.8. The summed E-state index contributed by atoms with van der Waals surface area (Å²) >= 11 is 0. The van der Waals surface area contributed by atoms with Crippen molar-refractivity contribution in [1.82, 2.24) is 0 Å². The van der Waals surface area contributed by atoms with Gasteiger partial charge in [-0.15, -0.1) is 0 Å². The average molecular weight is 517 g/mol. The van der Waals surface area contributed by atoms with Gasteiger partial charge in [0, 0.05) is 12.3 Å². The van der Waals surface area contributed by atoms with Crippen molar-refractivity contribution in [3.05, 3.63) is 52.1 Å². The standard InChI is InChI=1S/C31H48O6/c1-7-23(8-2)11-10-12-24(9-3)15-18-26(32)19-27(33)22(6)29(34)20(4)13-16-25-17-14-21(5)30(35)28(25)31(36)37/h7,12,14,17,20,22,26,29,32,34-35H,8-11,13,15-16,18-19H2,1-6H3,(H,36,37)/b23-7-,24-12+/t20-,22-,26-,29+/m1/s1. The molecule has 0 aliphatic heterocycles. The van der Waals surface area contributed by atoms with Gasteiger partial charge in [-0.25, -0.2) is 4.79 Å². The van der Waals surface area contributed by atoms with Gasteiger partial charge < -0.3 is 20.4 Å². The topological polar surface area (TPSA) is 115 Å². The van der Waals surface area contributed by atoms with Gasteiger partial charge in [-0.1, -0.05) is 63.1 Å². The largest absolute Gasteiger partial charge is 0.507 e. The Bertz CT molecular complexity index is 945. The van der Waals surface area contributed by atoms with Gasteiger partial charge in [0.25, 0.3) is 0 Å². The number of carbonyl (C=O) groups excluding carboxylic acids is 1. The van der Waals surface area contributed by atoms with Gasteiger partial charge in [-0.2, -0.15) is 0 Å². The van der Waals surface area contributed by atoms with E-state index in [0.29, 0.717) is 30.4 Å². The predicted octanol–water partition coefficient (Wildman–Crippen LogP) is 6.54. The summed E-state index contributed by atoms with van der Waals surface area (Å²) in [6.45, 7) is 11.5. The summed E-state index contributed by atoms with van der Waals surface area (Å²) in [5, 5.41) is 40.9. The quantitative estimate of drug-likeness (QED) is 0.175. The second-order valence-corrected chi connectivity index (χ2v) is 10.3. The number of Topliss-reactive ketones (excluding diaryl/α,β-unsaturated/α-hetero) is 1. The first-order valence-electron chi connectivity index (χ1n) is 13.7. The number of carboxylic acids is 1. The number of aromatic carboxylic acids is 1. The van der Waals surface area contributed by atoms with Crippen molar-refractivity contribution >= 4 is 11.8 Å². The highest BCUT2D eigenvalue weighted by Crippen LogP contribution is 2.28. The number of ketones is 1. The van der Waals surface area contributed by atoms with Gasteiger partial charge >= 0.3 is 5.97 Å². The summed E-state index contributed by atoms with van der Waals surface area (Å²) in [7, 11) is 0. The van der Waals surface area contributed by atoms with Crippen molar-refractivity contribution in [3.63, 3.8) is 0 Å². The Labute approximate surface area is 223 Å². The molecule has 0 aromatic heterocycles. The van der Waals surface area contributed by atoms with Crippen LogP contribution in [0.5, 0.6) is 5.75 Å².